The first-order valence-electron chi connectivity index (χ1n) is 5.89. The third-order valence-electron chi connectivity index (χ3n) is 2.98. The number of methoxy groups -OCH3 is 1. The molecule has 0 fully saturated rings. The zero-order chi connectivity index (χ0) is 12.1. The van der Waals surface area contributed by atoms with Crippen molar-refractivity contribution < 1.29 is 9.53 Å². The van der Waals surface area contributed by atoms with Crippen LogP contribution in [0.1, 0.15) is 19.3 Å². The van der Waals surface area contributed by atoms with E-state index in [-0.39, 0.29) is 11.8 Å². The van der Waals surface area contributed by atoms with E-state index in [0.717, 1.165) is 30.7 Å². The van der Waals surface area contributed by atoms with Gasteiger partial charge in [-0.1, -0.05) is 18.2 Å². The van der Waals surface area contributed by atoms with Gasteiger partial charge in [0.25, 0.3) is 0 Å². The summed E-state index contributed by atoms with van der Waals surface area (Å²) in [5.41, 5.74) is 0.795. The molecule has 0 radical (unpaired) electrons. The normalized spacial score (nSPS) is 18.8. The molecule has 0 saturated carbocycles. The molecular formula is C14H17NO2. The molecule has 1 aliphatic carbocycles. The second-order valence-electron chi connectivity index (χ2n) is 4.20. The number of anilines is 1. The molecule has 90 valence electrons. The number of carbonyl (C=O) groups excluding carboxylic acids is 1. The van der Waals surface area contributed by atoms with Crippen LogP contribution >= 0.6 is 0 Å². The number of benzene rings is 1. The van der Waals surface area contributed by atoms with Gasteiger partial charge < -0.3 is 10.1 Å². The van der Waals surface area contributed by atoms with Gasteiger partial charge in [0, 0.05) is 17.7 Å². The lowest BCUT2D eigenvalue weighted by Crippen LogP contribution is -2.23. The van der Waals surface area contributed by atoms with E-state index in [1.165, 1.54) is 0 Å². The average Bonchev–Trinajstić information content (AvgIpc) is 2.40. The zero-order valence-corrected chi connectivity index (χ0v) is 9.98. The quantitative estimate of drug-likeness (QED) is 0.812. The summed E-state index contributed by atoms with van der Waals surface area (Å²) in [7, 11) is 1.62. The van der Waals surface area contributed by atoms with Gasteiger partial charge in [-0.3, -0.25) is 4.79 Å². The van der Waals surface area contributed by atoms with Crippen LogP contribution in [0.3, 0.4) is 0 Å². The molecule has 1 aromatic carbocycles. The number of rotatable bonds is 3. The van der Waals surface area contributed by atoms with Gasteiger partial charge in [-0.05, 0) is 31.4 Å². The summed E-state index contributed by atoms with van der Waals surface area (Å²) in [6, 6.07) is 7.43. The number of amides is 1. The standard InChI is InChI=1S/C14H17NO2/c1-17-13-9-5-8-12(10-13)15-14(16)11-6-3-2-4-7-11/h2-3,5,8-11H,4,6-7H2,1H3,(H,15,16). The summed E-state index contributed by atoms with van der Waals surface area (Å²) in [5.74, 6) is 0.958. The van der Waals surface area contributed by atoms with E-state index >= 15 is 0 Å². The summed E-state index contributed by atoms with van der Waals surface area (Å²) in [6.45, 7) is 0. The molecule has 1 aliphatic rings. The van der Waals surface area contributed by atoms with Gasteiger partial charge in [-0.25, -0.2) is 0 Å². The minimum atomic E-state index is 0.0996. The predicted octanol–water partition coefficient (Wildman–Crippen LogP) is 2.99. The maximum atomic E-state index is 12.0. The Balaban J connectivity index is 1.99. The van der Waals surface area contributed by atoms with E-state index in [2.05, 4.69) is 17.5 Å². The number of allylic oxidation sites excluding steroid dienone is 2. The summed E-state index contributed by atoms with van der Waals surface area (Å²) in [6.07, 6.45) is 6.99. The van der Waals surface area contributed by atoms with Gasteiger partial charge in [0.05, 0.1) is 7.11 Å². The number of carbonyl (C=O) groups is 1. The maximum absolute atomic E-state index is 12.0. The van der Waals surface area contributed by atoms with Crippen molar-refractivity contribution in [2.45, 2.75) is 19.3 Å². The van der Waals surface area contributed by atoms with Crippen LogP contribution in [-0.2, 0) is 4.79 Å². The summed E-state index contributed by atoms with van der Waals surface area (Å²) in [4.78, 5) is 12.0. The average molecular weight is 231 g/mol. The van der Waals surface area contributed by atoms with E-state index in [9.17, 15) is 4.79 Å². The summed E-state index contributed by atoms with van der Waals surface area (Å²) >= 11 is 0. The van der Waals surface area contributed by atoms with Gasteiger partial charge in [-0.2, -0.15) is 0 Å². The van der Waals surface area contributed by atoms with E-state index in [1.54, 1.807) is 7.11 Å². The van der Waals surface area contributed by atoms with E-state index in [4.69, 9.17) is 4.74 Å². The van der Waals surface area contributed by atoms with Crippen LogP contribution in [-0.4, -0.2) is 13.0 Å². The van der Waals surface area contributed by atoms with Crippen molar-refractivity contribution >= 4 is 11.6 Å². The van der Waals surface area contributed by atoms with Crippen LogP contribution in [0.2, 0.25) is 0 Å². The molecule has 0 aliphatic heterocycles. The van der Waals surface area contributed by atoms with Crippen LogP contribution in [0.15, 0.2) is 36.4 Å². The summed E-state index contributed by atoms with van der Waals surface area (Å²) < 4.78 is 5.12. The van der Waals surface area contributed by atoms with Crippen molar-refractivity contribution in [3.63, 3.8) is 0 Å². The van der Waals surface area contributed by atoms with Gasteiger partial charge >= 0.3 is 0 Å². The van der Waals surface area contributed by atoms with E-state index in [0.29, 0.717) is 0 Å². The molecule has 0 aromatic heterocycles. The number of nitrogens with one attached hydrogen (secondary N) is 1. The second kappa shape index (κ2) is 5.53. The molecule has 1 amide bonds. The fourth-order valence-corrected chi connectivity index (χ4v) is 1.98. The second-order valence-corrected chi connectivity index (χ2v) is 4.20. The molecule has 0 spiro atoms. The van der Waals surface area contributed by atoms with Crippen molar-refractivity contribution in [2.24, 2.45) is 5.92 Å². The van der Waals surface area contributed by atoms with Gasteiger partial charge in [0.1, 0.15) is 5.75 Å². The van der Waals surface area contributed by atoms with Gasteiger partial charge in [-0.15, -0.1) is 0 Å². The zero-order valence-electron chi connectivity index (χ0n) is 9.98. The highest BCUT2D eigenvalue weighted by Crippen LogP contribution is 2.22. The van der Waals surface area contributed by atoms with E-state index in [1.807, 2.05) is 24.3 Å². The highest BCUT2D eigenvalue weighted by atomic mass is 16.5. The highest BCUT2D eigenvalue weighted by Gasteiger charge is 2.18. The molecule has 1 atom stereocenters. The molecule has 1 unspecified atom stereocenters. The van der Waals surface area contributed by atoms with Crippen LogP contribution in [0.4, 0.5) is 5.69 Å². The molecule has 17 heavy (non-hydrogen) atoms. The first-order valence-corrected chi connectivity index (χ1v) is 5.89. The molecule has 0 heterocycles. The van der Waals surface area contributed by atoms with Crippen molar-refractivity contribution in [1.82, 2.24) is 0 Å². The third kappa shape index (κ3) is 3.09. The Bertz CT molecular complexity index is 426. The largest absolute Gasteiger partial charge is 0.497 e. The molecule has 3 nitrogen and oxygen atoms in total. The van der Waals surface area contributed by atoms with Crippen LogP contribution in [0, 0.1) is 5.92 Å². The van der Waals surface area contributed by atoms with Crippen molar-refractivity contribution in [1.29, 1.82) is 0 Å². The first-order chi connectivity index (χ1) is 8.29. The number of ether oxygens (including phenoxy) is 1. The molecule has 0 bridgehead atoms. The van der Waals surface area contributed by atoms with E-state index < -0.39 is 0 Å². The fraction of sp³-hybridized carbons (Fsp3) is 0.357. The SMILES string of the molecule is COc1cccc(NC(=O)C2CC=CCC2)c1. The molecular weight excluding hydrogens is 214 g/mol. The van der Waals surface area contributed by atoms with Gasteiger partial charge in [0.15, 0.2) is 0 Å². The Hall–Kier alpha value is -1.77. The molecule has 1 N–H and O–H groups in total. The fourth-order valence-electron chi connectivity index (χ4n) is 1.98. The molecule has 0 saturated heterocycles. The Morgan fingerprint density at radius 2 is 2.29 bits per heavy atom. The first kappa shape index (κ1) is 11.7. The van der Waals surface area contributed by atoms with Crippen LogP contribution in [0.5, 0.6) is 5.75 Å². The van der Waals surface area contributed by atoms with Crippen molar-refractivity contribution in [3.8, 4) is 5.75 Å². The Kier molecular flexibility index (Phi) is 3.81. The lowest BCUT2D eigenvalue weighted by Gasteiger charge is -2.17. The lowest BCUT2D eigenvalue weighted by atomic mass is 9.93. The number of hydrogen-bond acceptors (Lipinski definition) is 2. The van der Waals surface area contributed by atoms with Crippen molar-refractivity contribution in [3.05, 3.63) is 36.4 Å². The lowest BCUT2D eigenvalue weighted by molar-refractivity contribution is -0.120. The molecule has 3 heteroatoms. The van der Waals surface area contributed by atoms with Crippen molar-refractivity contribution in [2.75, 3.05) is 12.4 Å². The van der Waals surface area contributed by atoms with Crippen LogP contribution in [0.25, 0.3) is 0 Å². The monoisotopic (exact) mass is 231 g/mol. The minimum Gasteiger partial charge on any atom is -0.497 e. The van der Waals surface area contributed by atoms with Gasteiger partial charge in [0.2, 0.25) is 5.91 Å². The topological polar surface area (TPSA) is 38.3 Å². The molecule has 1 aromatic rings. The Morgan fingerprint density at radius 3 is 3.00 bits per heavy atom. The Morgan fingerprint density at radius 1 is 1.41 bits per heavy atom. The minimum absolute atomic E-state index is 0.0996. The maximum Gasteiger partial charge on any atom is 0.227 e. The number of hydrogen-bond donors (Lipinski definition) is 1. The summed E-state index contributed by atoms with van der Waals surface area (Å²) in [5, 5.41) is 2.93. The highest BCUT2D eigenvalue weighted by molar-refractivity contribution is 5.92. The Labute approximate surface area is 101 Å². The smallest absolute Gasteiger partial charge is 0.227 e. The predicted molar refractivity (Wildman–Crippen MR) is 68.1 cm³/mol. The third-order valence-corrected chi connectivity index (χ3v) is 2.98. The van der Waals surface area contributed by atoms with Crippen LogP contribution < -0.4 is 10.1 Å². The molecule has 2 rings (SSSR count).